The van der Waals surface area contributed by atoms with E-state index in [1.54, 1.807) is 16.9 Å². The van der Waals surface area contributed by atoms with Crippen LogP contribution < -0.4 is 4.74 Å². The van der Waals surface area contributed by atoms with Crippen molar-refractivity contribution >= 4 is 28.6 Å². The van der Waals surface area contributed by atoms with Gasteiger partial charge in [0.25, 0.3) is 0 Å². The van der Waals surface area contributed by atoms with Crippen LogP contribution in [0.4, 0.5) is 4.79 Å². The quantitative estimate of drug-likeness (QED) is 0.136. The van der Waals surface area contributed by atoms with Crippen LogP contribution in [0.2, 0.25) is 0 Å². The van der Waals surface area contributed by atoms with E-state index in [1.165, 1.54) is 13.3 Å². The number of hydrogen-bond acceptors (Lipinski definition) is 9. The maximum atomic E-state index is 13.1. The van der Waals surface area contributed by atoms with Crippen LogP contribution in [0.3, 0.4) is 0 Å². The van der Waals surface area contributed by atoms with Gasteiger partial charge >= 0.3 is 12.1 Å². The van der Waals surface area contributed by atoms with E-state index in [0.29, 0.717) is 43.6 Å². The Labute approximate surface area is 278 Å². The minimum Gasteiger partial charge on any atom is -0.444 e. The summed E-state index contributed by atoms with van der Waals surface area (Å²) in [6.07, 6.45) is 13.7. The van der Waals surface area contributed by atoms with Gasteiger partial charge in [0.15, 0.2) is 6.23 Å². The molecule has 13 heteroatoms. The Balaban J connectivity index is 1.11. The number of imidazole rings is 1. The first kappa shape index (κ1) is 31.8. The SMILES string of the molecule is CC(=O)Oc1cc(-c2cn(Cc3cn4cc(CN(CC5CCC5)C(=O)OC(C)(C)C)ccc4n3)nn2)c2cnn(C3CCCCO3)c2c1. The van der Waals surface area contributed by atoms with E-state index < -0.39 is 11.6 Å². The summed E-state index contributed by atoms with van der Waals surface area (Å²) in [6.45, 7) is 9.31. The van der Waals surface area contributed by atoms with Crippen LogP contribution in [0.1, 0.15) is 83.7 Å². The number of hydrogen-bond donors (Lipinski definition) is 0. The highest BCUT2D eigenvalue weighted by Gasteiger charge is 2.28. The number of rotatable bonds is 9. The number of fused-ring (bicyclic) bond motifs is 2. The second-order valence-electron chi connectivity index (χ2n) is 13.9. The topological polar surface area (TPSA) is 131 Å². The molecule has 48 heavy (non-hydrogen) atoms. The smallest absolute Gasteiger partial charge is 0.410 e. The van der Waals surface area contributed by atoms with E-state index in [2.05, 4.69) is 15.4 Å². The Bertz CT molecular complexity index is 1940. The van der Waals surface area contributed by atoms with E-state index in [4.69, 9.17) is 19.2 Å². The summed E-state index contributed by atoms with van der Waals surface area (Å²) >= 11 is 0. The van der Waals surface area contributed by atoms with Crippen LogP contribution in [0.25, 0.3) is 27.8 Å². The number of carbonyl (C=O) groups is 2. The van der Waals surface area contributed by atoms with Crippen molar-refractivity contribution in [3.8, 4) is 17.0 Å². The molecule has 0 bridgehead atoms. The van der Waals surface area contributed by atoms with E-state index in [9.17, 15) is 9.59 Å². The summed E-state index contributed by atoms with van der Waals surface area (Å²) in [6, 6.07) is 7.59. The van der Waals surface area contributed by atoms with E-state index in [-0.39, 0.29) is 12.3 Å². The number of amides is 1. The first-order valence-corrected chi connectivity index (χ1v) is 16.7. The fourth-order valence-corrected chi connectivity index (χ4v) is 6.37. The predicted octanol–water partition coefficient (Wildman–Crippen LogP) is 6.15. The molecule has 1 aliphatic heterocycles. The maximum absolute atomic E-state index is 13.1. The molecule has 252 valence electrons. The van der Waals surface area contributed by atoms with Crippen LogP contribution in [-0.2, 0) is 27.4 Å². The molecule has 7 rings (SSSR count). The summed E-state index contributed by atoms with van der Waals surface area (Å²) in [5.74, 6) is 0.525. The van der Waals surface area contributed by atoms with Crippen molar-refractivity contribution in [2.75, 3.05) is 13.2 Å². The average molecular weight is 655 g/mol. The number of carbonyl (C=O) groups excluding carboxylic acids is 2. The lowest BCUT2D eigenvalue weighted by molar-refractivity contribution is -0.131. The highest BCUT2D eigenvalue weighted by atomic mass is 16.6. The zero-order chi connectivity index (χ0) is 33.4. The zero-order valence-corrected chi connectivity index (χ0v) is 28.0. The van der Waals surface area contributed by atoms with E-state index in [1.807, 2.05) is 71.5 Å². The number of ether oxygens (including phenoxy) is 3. The van der Waals surface area contributed by atoms with Gasteiger partial charge in [-0.25, -0.2) is 19.1 Å². The first-order chi connectivity index (χ1) is 23.1. The monoisotopic (exact) mass is 654 g/mol. The van der Waals surface area contributed by atoms with Crippen LogP contribution in [0, 0.1) is 5.92 Å². The molecule has 2 aliphatic rings. The van der Waals surface area contributed by atoms with Crippen molar-refractivity contribution in [3.05, 3.63) is 60.3 Å². The second kappa shape index (κ2) is 13.0. The van der Waals surface area contributed by atoms with Crippen LogP contribution in [-0.4, -0.2) is 69.9 Å². The zero-order valence-electron chi connectivity index (χ0n) is 28.0. The molecular weight excluding hydrogens is 612 g/mol. The van der Waals surface area contributed by atoms with Crippen molar-refractivity contribution in [2.45, 2.75) is 91.1 Å². The highest BCUT2D eigenvalue weighted by Crippen LogP contribution is 2.35. The van der Waals surface area contributed by atoms with Gasteiger partial charge in [-0.3, -0.25) is 4.79 Å². The molecule has 0 N–H and O–H groups in total. The van der Waals surface area contributed by atoms with Crippen molar-refractivity contribution < 1.29 is 23.8 Å². The number of aromatic nitrogens is 7. The fraction of sp³-hybridized carbons (Fsp3) is 0.486. The minimum atomic E-state index is -0.553. The van der Waals surface area contributed by atoms with Crippen molar-refractivity contribution in [1.82, 2.24) is 39.1 Å². The normalized spacial score (nSPS) is 17.0. The molecule has 1 amide bonds. The number of esters is 1. The van der Waals surface area contributed by atoms with E-state index in [0.717, 1.165) is 65.5 Å². The second-order valence-corrected chi connectivity index (χ2v) is 13.9. The summed E-state index contributed by atoms with van der Waals surface area (Å²) in [4.78, 5) is 31.6. The van der Waals surface area contributed by atoms with Gasteiger partial charge in [0.05, 0.1) is 36.7 Å². The summed E-state index contributed by atoms with van der Waals surface area (Å²) in [7, 11) is 0. The third kappa shape index (κ3) is 7.05. The first-order valence-electron chi connectivity index (χ1n) is 16.7. The molecule has 1 unspecified atom stereocenters. The molecule has 1 aliphatic carbocycles. The van der Waals surface area contributed by atoms with Gasteiger partial charge in [0.1, 0.15) is 22.7 Å². The molecule has 1 saturated carbocycles. The highest BCUT2D eigenvalue weighted by molar-refractivity contribution is 5.95. The molecule has 5 aromatic rings. The van der Waals surface area contributed by atoms with Gasteiger partial charge in [-0.2, -0.15) is 5.10 Å². The molecule has 1 saturated heterocycles. The van der Waals surface area contributed by atoms with Gasteiger partial charge in [-0.1, -0.05) is 17.7 Å². The van der Waals surface area contributed by atoms with Crippen LogP contribution >= 0.6 is 0 Å². The summed E-state index contributed by atoms with van der Waals surface area (Å²) in [5.41, 5.74) is 4.23. The summed E-state index contributed by atoms with van der Waals surface area (Å²) < 4.78 is 22.8. The number of pyridine rings is 1. The lowest BCUT2D eigenvalue weighted by atomic mass is 9.85. The fourth-order valence-electron chi connectivity index (χ4n) is 6.37. The molecule has 1 atom stereocenters. The Hall–Kier alpha value is -4.78. The number of benzene rings is 1. The van der Waals surface area contributed by atoms with E-state index >= 15 is 0 Å². The Morgan fingerprint density at radius 2 is 1.92 bits per heavy atom. The van der Waals surface area contributed by atoms with Crippen molar-refractivity contribution in [3.63, 3.8) is 0 Å². The summed E-state index contributed by atoms with van der Waals surface area (Å²) in [5, 5.41) is 14.4. The van der Waals surface area contributed by atoms with Crippen LogP contribution in [0.5, 0.6) is 5.75 Å². The Morgan fingerprint density at radius 3 is 2.65 bits per heavy atom. The largest absolute Gasteiger partial charge is 0.444 e. The lowest BCUT2D eigenvalue weighted by Crippen LogP contribution is -2.40. The molecule has 0 spiro atoms. The third-order valence-corrected chi connectivity index (χ3v) is 8.81. The molecule has 1 aromatic carbocycles. The Kier molecular flexibility index (Phi) is 8.63. The predicted molar refractivity (Wildman–Crippen MR) is 177 cm³/mol. The lowest BCUT2D eigenvalue weighted by Gasteiger charge is -2.33. The maximum Gasteiger partial charge on any atom is 0.410 e. The molecule has 5 heterocycles. The van der Waals surface area contributed by atoms with Crippen LogP contribution in [0.15, 0.2) is 49.1 Å². The Morgan fingerprint density at radius 1 is 1.06 bits per heavy atom. The number of nitrogens with zero attached hydrogens (tertiary/aromatic N) is 8. The van der Waals surface area contributed by atoms with Gasteiger partial charge in [-0.15, -0.1) is 5.10 Å². The molecular formula is C35H42N8O5. The van der Waals surface area contributed by atoms with Gasteiger partial charge in [0, 0.05) is 49.5 Å². The van der Waals surface area contributed by atoms with Crippen molar-refractivity contribution in [1.29, 1.82) is 0 Å². The minimum absolute atomic E-state index is 0.175. The average Bonchev–Trinajstić information content (AvgIpc) is 3.75. The molecule has 2 fully saturated rings. The standard InChI is InChI=1S/C35H42N8O5/c1-23(44)47-27-14-28(29-16-36-43(31(29)15-27)33-10-5-6-13-46-33)30-22-42(39-38-30)21-26-20-40-18-25(11-12-32(40)37-26)19-41(17-24-8-7-9-24)34(45)48-35(2,3)4/h11-12,14-16,18,20,22,24,33H,5-10,13,17,19,21H2,1-4H3. The third-order valence-electron chi connectivity index (χ3n) is 8.81. The van der Waals surface area contributed by atoms with Gasteiger partial charge in [-0.05, 0) is 76.5 Å². The van der Waals surface area contributed by atoms with Gasteiger partial charge in [0.2, 0.25) is 0 Å². The van der Waals surface area contributed by atoms with Gasteiger partial charge < -0.3 is 23.5 Å². The van der Waals surface area contributed by atoms with Crippen molar-refractivity contribution in [2.24, 2.45) is 5.92 Å². The molecule has 4 aromatic heterocycles. The molecule has 13 nitrogen and oxygen atoms in total. The molecule has 0 radical (unpaired) electrons.